The van der Waals surface area contributed by atoms with Crippen LogP contribution in [0, 0.1) is 22.7 Å². The van der Waals surface area contributed by atoms with E-state index in [2.05, 4.69) is 15.3 Å². The smallest absolute Gasteiger partial charge is 0.370 e. The Morgan fingerprint density at radius 2 is 1.92 bits per heavy atom. The molecule has 1 unspecified atom stereocenters. The summed E-state index contributed by atoms with van der Waals surface area (Å²) >= 11 is 0. The summed E-state index contributed by atoms with van der Waals surface area (Å²) in [5.74, 6) is -0.706. The third kappa shape index (κ3) is 4.59. The number of anilines is 1. The number of rotatable bonds is 4. The maximum Gasteiger partial charge on any atom is 0.417 e. The second-order valence-corrected chi connectivity index (χ2v) is 9.80. The van der Waals surface area contributed by atoms with Crippen molar-refractivity contribution >= 4 is 17.5 Å². The molecule has 3 aliphatic rings. The van der Waals surface area contributed by atoms with Gasteiger partial charge in [-0.25, -0.2) is 9.97 Å². The maximum absolute atomic E-state index is 13.6. The highest BCUT2D eigenvalue weighted by Gasteiger charge is 2.52. The van der Waals surface area contributed by atoms with Gasteiger partial charge in [0.25, 0.3) is 5.91 Å². The Balaban J connectivity index is 1.39. The molecular weight excluding hydrogens is 473 g/mol. The van der Waals surface area contributed by atoms with Crippen LogP contribution in [0.5, 0.6) is 0 Å². The van der Waals surface area contributed by atoms with Crippen molar-refractivity contribution in [3.8, 4) is 6.07 Å². The van der Waals surface area contributed by atoms with E-state index >= 15 is 0 Å². The highest BCUT2D eigenvalue weighted by Crippen LogP contribution is 2.47. The van der Waals surface area contributed by atoms with Crippen molar-refractivity contribution in [3.05, 3.63) is 53.6 Å². The van der Waals surface area contributed by atoms with Crippen molar-refractivity contribution in [2.24, 2.45) is 11.3 Å². The zero-order valence-electron chi connectivity index (χ0n) is 19.5. The van der Waals surface area contributed by atoms with Crippen molar-refractivity contribution in [3.63, 3.8) is 0 Å². The van der Waals surface area contributed by atoms with Gasteiger partial charge in [-0.3, -0.25) is 9.59 Å². The normalized spacial score (nSPS) is 21.3. The molecule has 1 aromatic carbocycles. The summed E-state index contributed by atoms with van der Waals surface area (Å²) in [6.45, 7) is 1.52. The number of nitrogens with zero attached hydrogens (tertiary/aromatic N) is 5. The zero-order valence-corrected chi connectivity index (χ0v) is 19.5. The van der Waals surface area contributed by atoms with Crippen LogP contribution in [0.4, 0.5) is 18.9 Å². The lowest BCUT2D eigenvalue weighted by atomic mass is 9.70. The second-order valence-electron chi connectivity index (χ2n) is 9.80. The van der Waals surface area contributed by atoms with Gasteiger partial charge in [0.1, 0.15) is 12.0 Å². The number of carbonyl (C=O) groups is 2. The fourth-order valence-electron chi connectivity index (χ4n) is 5.36. The lowest BCUT2D eigenvalue weighted by Gasteiger charge is -2.42. The molecule has 1 N–H and O–H groups in total. The van der Waals surface area contributed by atoms with Crippen molar-refractivity contribution in [2.45, 2.75) is 37.9 Å². The van der Waals surface area contributed by atoms with Gasteiger partial charge in [-0.1, -0.05) is 0 Å². The number of alkyl halides is 3. The molecule has 0 radical (unpaired) electrons. The summed E-state index contributed by atoms with van der Waals surface area (Å²) in [6, 6.07) is 7.03. The first-order chi connectivity index (χ1) is 17.2. The number of likely N-dealkylation sites (tertiary alicyclic amines) is 1. The third-order valence-corrected chi connectivity index (χ3v) is 7.53. The minimum Gasteiger partial charge on any atom is -0.370 e. The summed E-state index contributed by atoms with van der Waals surface area (Å²) in [5, 5.41) is 12.2. The summed E-state index contributed by atoms with van der Waals surface area (Å²) in [6.07, 6.45) is 1.12. The van der Waals surface area contributed by atoms with Gasteiger partial charge in [0.15, 0.2) is 0 Å². The number of carbonyl (C=O) groups excluding carboxylic acids is 2. The standard InChI is InChI=1S/C25H25F3N6O2/c26-25(27,28)19-11-18(4-1-16(19)12-29)34-13-20(22(35)32-17-2-3-17)24(14-34)6-9-33(10-7-24)23(36)21-5-8-30-15-31-21/h1,4-5,8,11,15,17,20H,2-3,6-7,9-10,13-14H2,(H,32,35). The second kappa shape index (κ2) is 9.08. The number of nitriles is 1. The average molecular weight is 499 g/mol. The van der Waals surface area contributed by atoms with E-state index in [9.17, 15) is 22.8 Å². The Kier molecular flexibility index (Phi) is 6.06. The Morgan fingerprint density at radius 1 is 1.17 bits per heavy atom. The number of amides is 2. The molecule has 1 spiro atoms. The highest BCUT2D eigenvalue weighted by atomic mass is 19.4. The quantitative estimate of drug-likeness (QED) is 0.696. The molecule has 2 amide bonds. The van der Waals surface area contributed by atoms with Gasteiger partial charge in [0.2, 0.25) is 5.91 Å². The van der Waals surface area contributed by atoms with Crippen LogP contribution in [0.1, 0.15) is 47.3 Å². The molecule has 1 atom stereocenters. The van der Waals surface area contributed by atoms with Crippen molar-refractivity contribution in [1.82, 2.24) is 20.2 Å². The van der Waals surface area contributed by atoms with Gasteiger partial charge in [-0.2, -0.15) is 18.4 Å². The van der Waals surface area contributed by atoms with E-state index in [0.717, 1.165) is 18.9 Å². The first kappa shape index (κ1) is 24.0. The molecule has 0 bridgehead atoms. The number of hydrogen-bond donors (Lipinski definition) is 1. The topological polar surface area (TPSA) is 102 Å². The highest BCUT2D eigenvalue weighted by molar-refractivity contribution is 5.92. The Hall–Kier alpha value is -3.68. The molecule has 3 heterocycles. The predicted octanol–water partition coefficient (Wildman–Crippen LogP) is 3.00. The van der Waals surface area contributed by atoms with E-state index in [1.165, 1.54) is 24.7 Å². The molecule has 36 heavy (non-hydrogen) atoms. The summed E-state index contributed by atoms with van der Waals surface area (Å²) in [5.41, 5.74) is -1.25. The largest absolute Gasteiger partial charge is 0.417 e. The van der Waals surface area contributed by atoms with E-state index in [1.54, 1.807) is 17.0 Å². The van der Waals surface area contributed by atoms with E-state index in [1.807, 2.05) is 4.90 Å². The lowest BCUT2D eigenvalue weighted by Crippen LogP contribution is -2.50. The molecular formula is C25H25F3N6O2. The Bertz CT molecular complexity index is 1200. The maximum atomic E-state index is 13.6. The third-order valence-electron chi connectivity index (χ3n) is 7.53. The van der Waals surface area contributed by atoms with Gasteiger partial charge < -0.3 is 15.1 Å². The van der Waals surface area contributed by atoms with Gasteiger partial charge in [0, 0.05) is 49.5 Å². The van der Waals surface area contributed by atoms with Crippen LogP contribution in [0.25, 0.3) is 0 Å². The minimum atomic E-state index is -4.66. The van der Waals surface area contributed by atoms with E-state index in [0.29, 0.717) is 43.9 Å². The van der Waals surface area contributed by atoms with Crippen LogP contribution in [0.3, 0.4) is 0 Å². The summed E-state index contributed by atoms with van der Waals surface area (Å²) < 4.78 is 40.8. The van der Waals surface area contributed by atoms with Crippen molar-refractivity contribution < 1.29 is 22.8 Å². The van der Waals surface area contributed by atoms with E-state index in [4.69, 9.17) is 5.26 Å². The van der Waals surface area contributed by atoms with Crippen LogP contribution >= 0.6 is 0 Å². The predicted molar refractivity (Wildman–Crippen MR) is 123 cm³/mol. The Morgan fingerprint density at radius 3 is 2.53 bits per heavy atom. The van der Waals surface area contributed by atoms with Crippen LogP contribution in [-0.4, -0.2) is 58.9 Å². The minimum absolute atomic E-state index is 0.0831. The molecule has 3 fully saturated rings. The molecule has 2 aromatic rings. The van der Waals surface area contributed by atoms with Gasteiger partial charge in [-0.15, -0.1) is 0 Å². The van der Waals surface area contributed by atoms with E-state index in [-0.39, 0.29) is 24.4 Å². The number of benzene rings is 1. The molecule has 8 nitrogen and oxygen atoms in total. The summed E-state index contributed by atoms with van der Waals surface area (Å²) in [4.78, 5) is 37.5. The van der Waals surface area contributed by atoms with Crippen LogP contribution in [0.2, 0.25) is 0 Å². The van der Waals surface area contributed by atoms with Gasteiger partial charge in [-0.05, 0) is 49.9 Å². The number of nitrogens with one attached hydrogen (secondary N) is 1. The zero-order chi connectivity index (χ0) is 25.5. The number of aromatic nitrogens is 2. The molecule has 5 rings (SSSR count). The SMILES string of the molecule is N#Cc1ccc(N2CC(C(=O)NC3CC3)C3(CCN(C(=O)c4ccncn4)CC3)C2)cc1C(F)(F)F. The first-order valence-electron chi connectivity index (χ1n) is 11.9. The first-order valence-corrected chi connectivity index (χ1v) is 11.9. The molecule has 2 aliphatic heterocycles. The monoisotopic (exact) mass is 498 g/mol. The molecule has 188 valence electrons. The molecule has 11 heteroatoms. The van der Waals surface area contributed by atoms with Crippen LogP contribution < -0.4 is 10.2 Å². The van der Waals surface area contributed by atoms with Crippen molar-refractivity contribution in [2.75, 3.05) is 31.1 Å². The average Bonchev–Trinajstić information content (AvgIpc) is 3.62. The molecule has 1 aliphatic carbocycles. The van der Waals surface area contributed by atoms with Gasteiger partial charge in [0.05, 0.1) is 23.1 Å². The molecule has 1 aromatic heterocycles. The fourth-order valence-corrected chi connectivity index (χ4v) is 5.36. The van der Waals surface area contributed by atoms with Crippen LogP contribution in [0.15, 0.2) is 36.8 Å². The lowest BCUT2D eigenvalue weighted by molar-refractivity contribution is -0.137. The fraction of sp³-hybridized carbons (Fsp3) is 0.480. The molecule has 1 saturated carbocycles. The number of piperidine rings is 1. The Labute approximate surface area is 206 Å². The summed E-state index contributed by atoms with van der Waals surface area (Å²) in [7, 11) is 0. The number of hydrogen-bond acceptors (Lipinski definition) is 6. The van der Waals surface area contributed by atoms with Crippen molar-refractivity contribution in [1.29, 1.82) is 5.26 Å². The molecule has 2 saturated heterocycles. The number of halogens is 3. The van der Waals surface area contributed by atoms with Crippen LogP contribution in [-0.2, 0) is 11.0 Å². The van der Waals surface area contributed by atoms with E-state index < -0.39 is 28.6 Å². The van der Waals surface area contributed by atoms with Gasteiger partial charge >= 0.3 is 6.18 Å².